The first kappa shape index (κ1) is 17.5. The molecule has 1 heterocycles. The molecule has 7 heteroatoms. The minimum Gasteiger partial charge on any atom is -0.456 e. The van der Waals surface area contributed by atoms with Gasteiger partial charge in [0.1, 0.15) is 11.6 Å². The molecule has 0 unspecified atom stereocenters. The van der Waals surface area contributed by atoms with Crippen LogP contribution in [0.25, 0.3) is 0 Å². The van der Waals surface area contributed by atoms with Crippen molar-refractivity contribution in [3.8, 4) is 5.75 Å². The molecule has 1 aliphatic rings. The Balaban J connectivity index is 1.86. The van der Waals surface area contributed by atoms with Gasteiger partial charge in [0.15, 0.2) is 5.76 Å². The number of ether oxygens (including phenoxy) is 1. The van der Waals surface area contributed by atoms with E-state index in [0.29, 0.717) is 5.02 Å². The van der Waals surface area contributed by atoms with Gasteiger partial charge < -0.3 is 4.74 Å². The summed E-state index contributed by atoms with van der Waals surface area (Å²) in [6, 6.07) is 10.9. The molecular weight excluding hydrogens is 368 g/mol. The van der Waals surface area contributed by atoms with Crippen molar-refractivity contribution < 1.29 is 18.7 Å². The number of allylic oxidation sites excluding steroid dienone is 1. The standard InChI is InChI=1S/C18H12Cl2FNO3/c1-10(21)16(25-15-7-6-11(19)8-14(15)20)9-22-17(23)12-4-2-3-5-13(12)18(22)24/h2-8H,9H2,1H3/b16-10-. The van der Waals surface area contributed by atoms with Crippen LogP contribution in [0.4, 0.5) is 4.39 Å². The molecule has 3 rings (SSSR count). The molecule has 0 aromatic heterocycles. The van der Waals surface area contributed by atoms with Crippen LogP contribution in [0.5, 0.6) is 5.75 Å². The zero-order chi connectivity index (χ0) is 18.1. The van der Waals surface area contributed by atoms with Gasteiger partial charge in [-0.05, 0) is 37.3 Å². The largest absolute Gasteiger partial charge is 0.456 e. The normalized spacial score (nSPS) is 14.5. The molecule has 0 radical (unpaired) electrons. The van der Waals surface area contributed by atoms with Crippen LogP contribution in [0, 0.1) is 0 Å². The zero-order valence-corrected chi connectivity index (χ0v) is 14.6. The van der Waals surface area contributed by atoms with E-state index < -0.39 is 17.6 Å². The molecule has 128 valence electrons. The minimum absolute atomic E-state index is 0.176. The third kappa shape index (κ3) is 3.38. The van der Waals surface area contributed by atoms with Gasteiger partial charge >= 0.3 is 0 Å². The topological polar surface area (TPSA) is 46.6 Å². The second kappa shape index (κ2) is 6.86. The number of amides is 2. The Hall–Kier alpha value is -2.37. The van der Waals surface area contributed by atoms with E-state index in [1.54, 1.807) is 24.3 Å². The number of hydrogen-bond donors (Lipinski definition) is 0. The quantitative estimate of drug-likeness (QED) is 0.562. The van der Waals surface area contributed by atoms with E-state index in [1.165, 1.54) is 25.1 Å². The second-order valence-corrected chi connectivity index (χ2v) is 6.22. The van der Waals surface area contributed by atoms with Crippen LogP contribution in [0.1, 0.15) is 27.6 Å². The van der Waals surface area contributed by atoms with Crippen molar-refractivity contribution in [3.05, 3.63) is 75.2 Å². The first-order chi connectivity index (χ1) is 11.9. The number of carbonyl (C=O) groups is 2. The van der Waals surface area contributed by atoms with Gasteiger partial charge in [-0.15, -0.1) is 0 Å². The maximum Gasteiger partial charge on any atom is 0.261 e. The molecule has 0 fully saturated rings. The minimum atomic E-state index is -0.664. The molecular formula is C18H12Cl2FNO3. The monoisotopic (exact) mass is 379 g/mol. The highest BCUT2D eigenvalue weighted by Gasteiger charge is 2.36. The summed E-state index contributed by atoms with van der Waals surface area (Å²) in [6.07, 6.45) is 0. The van der Waals surface area contributed by atoms with E-state index >= 15 is 0 Å². The summed E-state index contributed by atoms with van der Waals surface area (Å²) in [4.78, 5) is 25.7. The number of fused-ring (bicyclic) bond motifs is 1. The summed E-state index contributed by atoms with van der Waals surface area (Å²) in [5.41, 5.74) is 0.570. The Morgan fingerprint density at radius 3 is 2.20 bits per heavy atom. The van der Waals surface area contributed by atoms with Crippen LogP contribution in [0.15, 0.2) is 54.1 Å². The Kier molecular flexibility index (Phi) is 4.79. The summed E-state index contributed by atoms with van der Waals surface area (Å²) in [5.74, 6) is -1.66. The molecule has 0 saturated carbocycles. The van der Waals surface area contributed by atoms with Crippen molar-refractivity contribution in [3.63, 3.8) is 0 Å². The van der Waals surface area contributed by atoms with Gasteiger partial charge in [-0.3, -0.25) is 14.5 Å². The van der Waals surface area contributed by atoms with E-state index in [1.807, 2.05) is 0 Å². The van der Waals surface area contributed by atoms with E-state index in [0.717, 1.165) is 4.90 Å². The number of imide groups is 1. The van der Waals surface area contributed by atoms with E-state index in [-0.39, 0.29) is 34.2 Å². The lowest BCUT2D eigenvalue weighted by atomic mass is 10.1. The maximum absolute atomic E-state index is 13.9. The highest BCUT2D eigenvalue weighted by atomic mass is 35.5. The molecule has 25 heavy (non-hydrogen) atoms. The summed E-state index contributed by atoms with van der Waals surface area (Å²) in [7, 11) is 0. The number of nitrogens with zero attached hydrogens (tertiary/aromatic N) is 1. The predicted octanol–water partition coefficient (Wildman–Crippen LogP) is 4.87. The van der Waals surface area contributed by atoms with E-state index in [9.17, 15) is 14.0 Å². The van der Waals surface area contributed by atoms with Crippen molar-refractivity contribution in [2.45, 2.75) is 6.92 Å². The van der Waals surface area contributed by atoms with Crippen molar-refractivity contribution in [2.75, 3.05) is 6.54 Å². The summed E-state index contributed by atoms with van der Waals surface area (Å²) < 4.78 is 19.4. The van der Waals surface area contributed by atoms with Gasteiger partial charge in [0.2, 0.25) is 0 Å². The molecule has 2 aromatic rings. The third-order valence-corrected chi connectivity index (χ3v) is 4.22. The molecule has 0 atom stereocenters. The van der Waals surface area contributed by atoms with E-state index in [4.69, 9.17) is 27.9 Å². The summed E-state index contributed by atoms with van der Waals surface area (Å²) in [5, 5.41) is 0.591. The zero-order valence-electron chi connectivity index (χ0n) is 13.1. The number of rotatable bonds is 4. The fraction of sp³-hybridized carbons (Fsp3) is 0.111. The van der Waals surface area contributed by atoms with Gasteiger partial charge in [-0.25, -0.2) is 4.39 Å². The van der Waals surface area contributed by atoms with Crippen LogP contribution in [-0.2, 0) is 0 Å². The molecule has 0 spiro atoms. The SMILES string of the molecule is C/C(F)=C(\CN1C(=O)c2ccccc2C1=O)Oc1ccc(Cl)cc1Cl. The van der Waals surface area contributed by atoms with Gasteiger partial charge in [0, 0.05) is 5.02 Å². The predicted molar refractivity (Wildman–Crippen MR) is 92.7 cm³/mol. The molecule has 2 aromatic carbocycles. The Bertz CT molecular complexity index is 872. The number of hydrogen-bond acceptors (Lipinski definition) is 3. The van der Waals surface area contributed by atoms with Gasteiger partial charge in [-0.2, -0.15) is 0 Å². The lowest BCUT2D eigenvalue weighted by Gasteiger charge is -2.18. The van der Waals surface area contributed by atoms with Crippen LogP contribution in [0.3, 0.4) is 0 Å². The fourth-order valence-electron chi connectivity index (χ4n) is 2.43. The van der Waals surface area contributed by atoms with Crippen LogP contribution < -0.4 is 4.74 Å². The van der Waals surface area contributed by atoms with Crippen LogP contribution in [-0.4, -0.2) is 23.3 Å². The average molecular weight is 380 g/mol. The van der Waals surface area contributed by atoms with Gasteiger partial charge in [0.05, 0.1) is 22.7 Å². The number of halogens is 3. The molecule has 0 bridgehead atoms. The fourth-order valence-corrected chi connectivity index (χ4v) is 2.88. The highest BCUT2D eigenvalue weighted by molar-refractivity contribution is 6.35. The number of carbonyl (C=O) groups excluding carboxylic acids is 2. The molecule has 1 aliphatic heterocycles. The van der Waals surface area contributed by atoms with Gasteiger partial charge in [0.25, 0.3) is 11.8 Å². The first-order valence-electron chi connectivity index (χ1n) is 7.32. The highest BCUT2D eigenvalue weighted by Crippen LogP contribution is 2.31. The lowest BCUT2D eigenvalue weighted by molar-refractivity contribution is 0.0652. The van der Waals surface area contributed by atoms with Crippen LogP contribution >= 0.6 is 23.2 Å². The molecule has 0 saturated heterocycles. The Labute approximate surface area is 153 Å². The van der Waals surface area contributed by atoms with Gasteiger partial charge in [-0.1, -0.05) is 35.3 Å². The third-order valence-electron chi connectivity index (χ3n) is 3.69. The second-order valence-electron chi connectivity index (χ2n) is 5.38. The lowest BCUT2D eigenvalue weighted by Crippen LogP contribution is -2.33. The van der Waals surface area contributed by atoms with E-state index in [2.05, 4.69) is 0 Å². The Morgan fingerprint density at radius 1 is 1.08 bits per heavy atom. The average Bonchev–Trinajstić information content (AvgIpc) is 2.81. The van der Waals surface area contributed by atoms with Crippen molar-refractivity contribution in [2.24, 2.45) is 0 Å². The first-order valence-corrected chi connectivity index (χ1v) is 8.07. The molecule has 0 N–H and O–H groups in total. The molecule has 0 aliphatic carbocycles. The molecule has 4 nitrogen and oxygen atoms in total. The number of benzene rings is 2. The molecule has 2 amide bonds. The van der Waals surface area contributed by atoms with Crippen LogP contribution in [0.2, 0.25) is 10.0 Å². The summed E-state index contributed by atoms with van der Waals surface area (Å²) >= 11 is 11.8. The smallest absolute Gasteiger partial charge is 0.261 e. The van der Waals surface area contributed by atoms with Crippen molar-refractivity contribution in [1.29, 1.82) is 0 Å². The summed E-state index contributed by atoms with van der Waals surface area (Å²) in [6.45, 7) is 0.838. The Morgan fingerprint density at radius 2 is 1.68 bits per heavy atom. The van der Waals surface area contributed by atoms with Crippen molar-refractivity contribution >= 4 is 35.0 Å². The maximum atomic E-state index is 13.9. The van der Waals surface area contributed by atoms with Crippen molar-refractivity contribution in [1.82, 2.24) is 4.90 Å².